The van der Waals surface area contributed by atoms with Crippen molar-refractivity contribution in [1.29, 1.82) is 0 Å². The summed E-state index contributed by atoms with van der Waals surface area (Å²) in [6.45, 7) is 0.938. The maximum Gasteiger partial charge on any atom is 0.271 e. The van der Waals surface area contributed by atoms with Crippen LogP contribution in [0.4, 0.5) is 11.4 Å². The maximum atomic E-state index is 12.2. The van der Waals surface area contributed by atoms with Gasteiger partial charge in [-0.1, -0.05) is 30.3 Å². The third-order valence-corrected chi connectivity index (χ3v) is 4.30. The van der Waals surface area contributed by atoms with Gasteiger partial charge in [0.05, 0.1) is 17.2 Å². The Kier molecular flexibility index (Phi) is 6.75. The van der Waals surface area contributed by atoms with E-state index in [-0.39, 0.29) is 30.4 Å². The number of benzene rings is 2. The Balaban J connectivity index is 1.46. The number of carbonyl (C=O) groups is 2. The summed E-state index contributed by atoms with van der Waals surface area (Å²) in [6.07, 6.45) is 0.623. The van der Waals surface area contributed by atoms with Gasteiger partial charge >= 0.3 is 0 Å². The van der Waals surface area contributed by atoms with Crippen molar-refractivity contribution in [1.82, 2.24) is 5.32 Å². The Morgan fingerprint density at radius 1 is 1.24 bits per heavy atom. The number of non-ortho nitro benzene ring substituents is 1. The van der Waals surface area contributed by atoms with E-state index in [0.29, 0.717) is 31.9 Å². The molecule has 0 spiro atoms. The van der Waals surface area contributed by atoms with Crippen LogP contribution in [0, 0.1) is 10.1 Å². The Morgan fingerprint density at radius 2 is 2.03 bits per heavy atom. The lowest BCUT2D eigenvalue weighted by Gasteiger charge is -2.28. The van der Waals surface area contributed by atoms with E-state index in [0.717, 1.165) is 5.56 Å². The zero-order chi connectivity index (χ0) is 20.6. The molecule has 2 amide bonds. The lowest BCUT2D eigenvalue weighted by atomic mass is 10.2. The topological polar surface area (TPSA) is 111 Å². The van der Waals surface area contributed by atoms with Crippen molar-refractivity contribution in [2.75, 3.05) is 31.2 Å². The number of carbonyl (C=O) groups excluding carboxylic acids is 2. The molecule has 1 N–H and O–H groups in total. The summed E-state index contributed by atoms with van der Waals surface area (Å²) in [5.74, 6) is -0.461. The molecule has 1 aliphatic heterocycles. The van der Waals surface area contributed by atoms with Crippen molar-refractivity contribution < 1.29 is 24.0 Å². The molecule has 0 fully saturated rings. The molecule has 2 aromatic carbocycles. The Hall–Kier alpha value is -3.46. The molecule has 9 nitrogen and oxygen atoms in total. The molecule has 2 aromatic rings. The van der Waals surface area contributed by atoms with Crippen molar-refractivity contribution in [3.8, 4) is 5.75 Å². The second-order valence-corrected chi connectivity index (χ2v) is 6.42. The van der Waals surface area contributed by atoms with Crippen molar-refractivity contribution in [3.63, 3.8) is 0 Å². The second-order valence-electron chi connectivity index (χ2n) is 6.42. The monoisotopic (exact) mass is 399 g/mol. The fraction of sp³-hybridized carbons (Fsp3) is 0.300. The maximum absolute atomic E-state index is 12.2. The molecule has 0 atom stereocenters. The Morgan fingerprint density at radius 3 is 2.79 bits per heavy atom. The summed E-state index contributed by atoms with van der Waals surface area (Å²) in [5.41, 5.74) is 1.12. The summed E-state index contributed by atoms with van der Waals surface area (Å²) in [4.78, 5) is 36.0. The fourth-order valence-corrected chi connectivity index (χ4v) is 2.84. The minimum Gasteiger partial charge on any atom is -0.482 e. The van der Waals surface area contributed by atoms with Crippen LogP contribution in [-0.2, 0) is 20.9 Å². The number of nitrogens with one attached hydrogen (secondary N) is 1. The van der Waals surface area contributed by atoms with Gasteiger partial charge in [0.25, 0.3) is 11.6 Å². The molecule has 0 bridgehead atoms. The van der Waals surface area contributed by atoms with Crippen LogP contribution in [0.25, 0.3) is 0 Å². The summed E-state index contributed by atoms with van der Waals surface area (Å²) < 4.78 is 10.8. The summed E-state index contributed by atoms with van der Waals surface area (Å²) in [5, 5.41) is 13.7. The smallest absolute Gasteiger partial charge is 0.271 e. The number of amides is 2. The first-order valence-corrected chi connectivity index (χ1v) is 9.14. The number of fused-ring (bicyclic) bond motifs is 1. The van der Waals surface area contributed by atoms with E-state index in [2.05, 4.69) is 5.32 Å². The molecule has 0 aliphatic carbocycles. The van der Waals surface area contributed by atoms with Crippen LogP contribution in [0.15, 0.2) is 48.5 Å². The third-order valence-electron chi connectivity index (χ3n) is 4.30. The predicted molar refractivity (Wildman–Crippen MR) is 105 cm³/mol. The molecule has 3 rings (SSSR count). The van der Waals surface area contributed by atoms with Crippen molar-refractivity contribution in [2.45, 2.75) is 13.0 Å². The second kappa shape index (κ2) is 9.65. The normalized spacial score (nSPS) is 12.8. The van der Waals surface area contributed by atoms with Gasteiger partial charge < -0.3 is 14.8 Å². The SMILES string of the molecule is O=C(CN1C(=O)COc2ccc([N+](=O)[O-])cc21)NCCCOCc1ccccc1. The highest BCUT2D eigenvalue weighted by atomic mass is 16.6. The molecule has 9 heteroatoms. The van der Waals surface area contributed by atoms with Crippen LogP contribution < -0.4 is 15.0 Å². The largest absolute Gasteiger partial charge is 0.482 e. The van der Waals surface area contributed by atoms with E-state index >= 15 is 0 Å². The zero-order valence-corrected chi connectivity index (χ0v) is 15.7. The average Bonchev–Trinajstić information content (AvgIpc) is 2.73. The lowest BCUT2D eigenvalue weighted by Crippen LogP contribution is -2.45. The molecule has 0 aromatic heterocycles. The van der Waals surface area contributed by atoms with Crippen LogP contribution in [0.2, 0.25) is 0 Å². The number of nitrogens with zero attached hydrogens (tertiary/aromatic N) is 2. The molecule has 0 saturated heterocycles. The van der Waals surface area contributed by atoms with E-state index in [1.54, 1.807) is 0 Å². The van der Waals surface area contributed by atoms with Crippen molar-refractivity contribution in [3.05, 3.63) is 64.2 Å². The van der Waals surface area contributed by atoms with E-state index in [9.17, 15) is 19.7 Å². The van der Waals surface area contributed by atoms with Gasteiger partial charge in [-0.3, -0.25) is 24.6 Å². The number of hydrogen-bond acceptors (Lipinski definition) is 6. The van der Waals surface area contributed by atoms with Crippen LogP contribution >= 0.6 is 0 Å². The fourth-order valence-electron chi connectivity index (χ4n) is 2.84. The Bertz CT molecular complexity index is 887. The van der Waals surface area contributed by atoms with E-state index in [1.807, 2.05) is 30.3 Å². The van der Waals surface area contributed by atoms with Gasteiger partial charge in [0.15, 0.2) is 6.61 Å². The quantitative estimate of drug-likeness (QED) is 0.392. The number of nitro groups is 1. The highest BCUT2D eigenvalue weighted by Crippen LogP contribution is 2.35. The number of hydrogen-bond donors (Lipinski definition) is 1. The van der Waals surface area contributed by atoms with Gasteiger partial charge in [-0.05, 0) is 18.1 Å². The standard InChI is InChI=1S/C20H21N3O6/c24-19(21-9-4-10-28-13-15-5-2-1-3-6-15)12-22-17-11-16(23(26)27)7-8-18(17)29-14-20(22)25/h1-3,5-8,11H,4,9-10,12-14H2,(H,21,24). The summed E-state index contributed by atoms with van der Waals surface area (Å²) in [7, 11) is 0. The van der Waals surface area contributed by atoms with Gasteiger partial charge in [0, 0.05) is 25.3 Å². The molecule has 0 saturated carbocycles. The molecule has 29 heavy (non-hydrogen) atoms. The van der Waals surface area contributed by atoms with Gasteiger partial charge in [-0.15, -0.1) is 0 Å². The third kappa shape index (κ3) is 5.52. The van der Waals surface area contributed by atoms with Crippen LogP contribution in [0.5, 0.6) is 5.75 Å². The molecule has 152 valence electrons. The van der Waals surface area contributed by atoms with Gasteiger partial charge in [0.2, 0.25) is 5.91 Å². The van der Waals surface area contributed by atoms with Gasteiger partial charge in [-0.25, -0.2) is 0 Å². The first kappa shape index (κ1) is 20.3. The van der Waals surface area contributed by atoms with E-state index < -0.39 is 10.8 Å². The van der Waals surface area contributed by atoms with Crippen molar-refractivity contribution in [2.24, 2.45) is 0 Å². The number of anilines is 1. The highest BCUT2D eigenvalue weighted by Gasteiger charge is 2.29. The average molecular weight is 399 g/mol. The van der Waals surface area contributed by atoms with Crippen LogP contribution in [-0.4, -0.2) is 43.0 Å². The number of rotatable bonds is 9. The predicted octanol–water partition coefficient (Wildman–Crippen LogP) is 2.04. The molecule has 0 radical (unpaired) electrons. The lowest BCUT2D eigenvalue weighted by molar-refractivity contribution is -0.384. The molecule has 1 aliphatic rings. The van der Waals surface area contributed by atoms with Gasteiger partial charge in [0.1, 0.15) is 12.3 Å². The first-order valence-electron chi connectivity index (χ1n) is 9.14. The van der Waals surface area contributed by atoms with Crippen LogP contribution in [0.3, 0.4) is 0 Å². The minimum absolute atomic E-state index is 0.178. The highest BCUT2D eigenvalue weighted by molar-refractivity contribution is 6.02. The van der Waals surface area contributed by atoms with Gasteiger partial charge in [-0.2, -0.15) is 0 Å². The van der Waals surface area contributed by atoms with Crippen molar-refractivity contribution >= 4 is 23.2 Å². The molecule has 0 unspecified atom stereocenters. The zero-order valence-electron chi connectivity index (χ0n) is 15.7. The molecule has 1 heterocycles. The summed E-state index contributed by atoms with van der Waals surface area (Å²) in [6, 6.07) is 13.7. The van der Waals surface area contributed by atoms with Crippen LogP contribution in [0.1, 0.15) is 12.0 Å². The molecular weight excluding hydrogens is 378 g/mol. The Labute approximate surface area is 167 Å². The van der Waals surface area contributed by atoms with E-state index in [4.69, 9.17) is 9.47 Å². The summed E-state index contributed by atoms with van der Waals surface area (Å²) >= 11 is 0. The minimum atomic E-state index is -0.562. The number of ether oxygens (including phenoxy) is 2. The molecular formula is C20H21N3O6. The number of nitro benzene ring substituents is 1. The van der Waals surface area contributed by atoms with E-state index in [1.165, 1.54) is 23.1 Å². The first-order chi connectivity index (χ1) is 14.0.